The number of aromatic amines is 1. The van der Waals surface area contributed by atoms with Gasteiger partial charge in [-0.3, -0.25) is 5.32 Å². The second-order valence-electron chi connectivity index (χ2n) is 7.83. The highest BCUT2D eigenvalue weighted by atomic mass is 32.1. The molecule has 6 nitrogen and oxygen atoms in total. The van der Waals surface area contributed by atoms with Crippen molar-refractivity contribution in [2.24, 2.45) is 0 Å². The molecule has 7 heteroatoms. The van der Waals surface area contributed by atoms with E-state index >= 15 is 0 Å². The molecule has 1 aliphatic carbocycles. The summed E-state index contributed by atoms with van der Waals surface area (Å²) in [4.78, 5) is 29.6. The van der Waals surface area contributed by atoms with Crippen LogP contribution in [0.5, 0.6) is 0 Å². The fourth-order valence-corrected chi connectivity index (χ4v) is 5.47. The van der Waals surface area contributed by atoms with E-state index in [9.17, 15) is 9.59 Å². The molecule has 0 spiro atoms. The third-order valence-electron chi connectivity index (χ3n) is 5.77. The van der Waals surface area contributed by atoms with Gasteiger partial charge < -0.3 is 15.0 Å². The molecule has 4 aromatic rings. The molecule has 0 bridgehead atoms. The minimum absolute atomic E-state index is 0.382. The Morgan fingerprint density at radius 2 is 1.78 bits per heavy atom. The number of methoxy groups -OCH3 is 1. The first-order chi connectivity index (χ1) is 15.6. The quantitative estimate of drug-likeness (QED) is 0.327. The Bertz CT molecular complexity index is 1270. The number of nitrogens with one attached hydrogen (secondary N) is 3. The molecule has 32 heavy (non-hydrogen) atoms. The number of ether oxygens (including phenoxy) is 1. The minimum Gasteiger partial charge on any atom is -0.465 e. The van der Waals surface area contributed by atoms with E-state index in [1.165, 1.54) is 18.4 Å². The number of benzene rings is 2. The van der Waals surface area contributed by atoms with Crippen LogP contribution in [-0.2, 0) is 17.6 Å². The Kier molecular flexibility index (Phi) is 5.41. The molecular formula is C25H23N3O3S. The van der Waals surface area contributed by atoms with Crippen LogP contribution < -0.4 is 10.6 Å². The first-order valence-corrected chi connectivity index (χ1v) is 11.4. The molecule has 2 amide bonds. The molecule has 1 aliphatic rings. The normalized spacial score (nSPS) is 12.9. The average Bonchev–Trinajstić information content (AvgIpc) is 3.40. The number of esters is 1. The van der Waals surface area contributed by atoms with Crippen molar-refractivity contribution in [1.29, 1.82) is 0 Å². The number of rotatable bonds is 4. The van der Waals surface area contributed by atoms with Crippen molar-refractivity contribution in [3.8, 4) is 11.3 Å². The van der Waals surface area contributed by atoms with E-state index in [1.54, 1.807) is 0 Å². The zero-order chi connectivity index (χ0) is 22.1. The van der Waals surface area contributed by atoms with Gasteiger partial charge in [-0.15, -0.1) is 11.3 Å². The molecule has 2 heterocycles. The van der Waals surface area contributed by atoms with Crippen LogP contribution in [0.15, 0.2) is 54.6 Å². The zero-order valence-electron chi connectivity index (χ0n) is 17.7. The summed E-state index contributed by atoms with van der Waals surface area (Å²) in [7, 11) is 1.37. The SMILES string of the molecule is COC(=O)c1c(NC(=O)Nc2ccc(-c3cc4ccccc4[nH]3)cc2)sc2c1CCCC2. The van der Waals surface area contributed by atoms with E-state index in [4.69, 9.17) is 4.74 Å². The van der Waals surface area contributed by atoms with Crippen LogP contribution in [0.3, 0.4) is 0 Å². The summed E-state index contributed by atoms with van der Waals surface area (Å²) in [5, 5.41) is 7.42. The fourth-order valence-electron chi connectivity index (χ4n) is 4.20. The van der Waals surface area contributed by atoms with Crippen molar-refractivity contribution < 1.29 is 14.3 Å². The van der Waals surface area contributed by atoms with Crippen LogP contribution in [0.25, 0.3) is 22.2 Å². The summed E-state index contributed by atoms with van der Waals surface area (Å²) in [6, 6.07) is 17.5. The molecule has 2 aromatic carbocycles. The van der Waals surface area contributed by atoms with Gasteiger partial charge in [0, 0.05) is 27.2 Å². The van der Waals surface area contributed by atoms with Gasteiger partial charge in [-0.25, -0.2) is 9.59 Å². The van der Waals surface area contributed by atoms with Crippen LogP contribution in [0.2, 0.25) is 0 Å². The van der Waals surface area contributed by atoms with Gasteiger partial charge in [0.15, 0.2) is 0 Å². The van der Waals surface area contributed by atoms with E-state index in [2.05, 4.69) is 27.8 Å². The van der Waals surface area contributed by atoms with Crippen LogP contribution >= 0.6 is 11.3 Å². The smallest absolute Gasteiger partial charge is 0.341 e. The Balaban J connectivity index is 1.31. The molecular weight excluding hydrogens is 422 g/mol. The molecule has 5 rings (SSSR count). The molecule has 0 atom stereocenters. The maximum atomic E-state index is 12.7. The summed E-state index contributed by atoms with van der Waals surface area (Å²) in [5.74, 6) is -0.401. The second-order valence-corrected chi connectivity index (χ2v) is 8.94. The molecule has 162 valence electrons. The minimum atomic E-state index is -0.401. The van der Waals surface area contributed by atoms with Crippen molar-refractivity contribution in [2.75, 3.05) is 17.7 Å². The number of carbonyl (C=O) groups is 2. The number of carbonyl (C=O) groups excluding carboxylic acids is 2. The molecule has 0 saturated carbocycles. The highest BCUT2D eigenvalue weighted by molar-refractivity contribution is 7.17. The second kappa shape index (κ2) is 8.51. The molecule has 0 aliphatic heterocycles. The van der Waals surface area contributed by atoms with Gasteiger partial charge in [0.2, 0.25) is 0 Å². The molecule has 0 fully saturated rings. The largest absolute Gasteiger partial charge is 0.465 e. The molecule has 3 N–H and O–H groups in total. The number of aromatic nitrogens is 1. The number of hydrogen-bond donors (Lipinski definition) is 3. The molecule has 2 aromatic heterocycles. The number of H-pyrrole nitrogens is 1. The van der Waals surface area contributed by atoms with Gasteiger partial charge in [-0.1, -0.05) is 30.3 Å². The number of fused-ring (bicyclic) bond motifs is 2. The summed E-state index contributed by atoms with van der Waals surface area (Å²) < 4.78 is 4.97. The predicted octanol–water partition coefficient (Wildman–Crippen LogP) is 6.21. The predicted molar refractivity (Wildman–Crippen MR) is 129 cm³/mol. The summed E-state index contributed by atoms with van der Waals surface area (Å²) in [6.07, 6.45) is 3.92. The average molecular weight is 446 g/mol. The van der Waals surface area contributed by atoms with E-state index < -0.39 is 5.97 Å². The lowest BCUT2D eigenvalue weighted by Gasteiger charge is -2.12. The number of para-hydroxylation sites is 1. The van der Waals surface area contributed by atoms with Gasteiger partial charge >= 0.3 is 12.0 Å². The van der Waals surface area contributed by atoms with Crippen LogP contribution in [-0.4, -0.2) is 24.1 Å². The maximum Gasteiger partial charge on any atom is 0.341 e. The van der Waals surface area contributed by atoms with Crippen molar-refractivity contribution in [3.05, 3.63) is 70.6 Å². The van der Waals surface area contributed by atoms with Gasteiger partial charge in [0.25, 0.3) is 0 Å². The Morgan fingerprint density at radius 3 is 2.56 bits per heavy atom. The van der Waals surface area contributed by atoms with E-state index in [1.807, 2.05) is 42.5 Å². The zero-order valence-corrected chi connectivity index (χ0v) is 18.5. The first-order valence-electron chi connectivity index (χ1n) is 10.6. The van der Waals surface area contributed by atoms with Crippen LogP contribution in [0, 0.1) is 0 Å². The van der Waals surface area contributed by atoms with E-state index in [0.717, 1.165) is 58.3 Å². The van der Waals surface area contributed by atoms with Gasteiger partial charge in [-0.2, -0.15) is 0 Å². The molecule has 0 unspecified atom stereocenters. The van der Waals surface area contributed by atoms with Crippen molar-refractivity contribution >= 4 is 44.9 Å². The summed E-state index contributed by atoms with van der Waals surface area (Å²) in [6.45, 7) is 0. The van der Waals surface area contributed by atoms with Crippen LogP contribution in [0.4, 0.5) is 15.5 Å². The van der Waals surface area contributed by atoms with E-state index in [0.29, 0.717) is 16.3 Å². The van der Waals surface area contributed by atoms with Crippen molar-refractivity contribution in [2.45, 2.75) is 25.7 Å². The topological polar surface area (TPSA) is 83.2 Å². The third-order valence-corrected chi connectivity index (χ3v) is 6.98. The van der Waals surface area contributed by atoms with Crippen molar-refractivity contribution in [1.82, 2.24) is 4.98 Å². The van der Waals surface area contributed by atoms with Gasteiger partial charge in [-0.05, 0) is 61.1 Å². The van der Waals surface area contributed by atoms with Crippen molar-refractivity contribution in [3.63, 3.8) is 0 Å². The highest BCUT2D eigenvalue weighted by Crippen LogP contribution is 2.38. The Labute approximate surface area is 189 Å². The monoisotopic (exact) mass is 445 g/mol. The number of thiophene rings is 1. The Morgan fingerprint density at radius 1 is 1.00 bits per heavy atom. The standard InChI is InChI=1S/C25H23N3O3S/c1-31-24(29)22-18-7-3-5-9-21(18)32-23(22)28-25(30)26-17-12-10-15(11-13-17)20-14-16-6-2-4-8-19(16)27-20/h2,4,6,8,10-14,27H,3,5,7,9H2,1H3,(H2,26,28,30). The lowest BCUT2D eigenvalue weighted by atomic mass is 9.95. The Hall–Kier alpha value is -3.58. The first kappa shape index (κ1) is 20.3. The summed E-state index contributed by atoms with van der Waals surface area (Å²) in [5.41, 5.74) is 5.33. The van der Waals surface area contributed by atoms with E-state index in [-0.39, 0.29) is 6.03 Å². The third kappa shape index (κ3) is 3.87. The fraction of sp³-hybridized carbons (Fsp3) is 0.200. The number of amides is 2. The highest BCUT2D eigenvalue weighted by Gasteiger charge is 2.26. The number of hydrogen-bond acceptors (Lipinski definition) is 4. The molecule has 0 saturated heterocycles. The lowest BCUT2D eigenvalue weighted by molar-refractivity contribution is 0.0601. The lowest BCUT2D eigenvalue weighted by Crippen LogP contribution is -2.20. The van der Waals surface area contributed by atoms with Crippen LogP contribution in [0.1, 0.15) is 33.6 Å². The summed E-state index contributed by atoms with van der Waals surface area (Å²) >= 11 is 1.47. The van der Waals surface area contributed by atoms with Gasteiger partial charge in [0.1, 0.15) is 5.00 Å². The van der Waals surface area contributed by atoms with Gasteiger partial charge in [0.05, 0.1) is 12.7 Å². The number of aryl methyl sites for hydroxylation is 1. The maximum absolute atomic E-state index is 12.7. The number of anilines is 2. The molecule has 0 radical (unpaired) electrons. The number of urea groups is 1.